The van der Waals surface area contributed by atoms with Gasteiger partial charge in [-0.2, -0.15) is 0 Å². The lowest BCUT2D eigenvalue weighted by molar-refractivity contribution is -0.122. The number of aromatic nitrogens is 1. The zero-order valence-corrected chi connectivity index (χ0v) is 13.2. The summed E-state index contributed by atoms with van der Waals surface area (Å²) in [4.78, 5) is 27.7. The van der Waals surface area contributed by atoms with Crippen LogP contribution in [0.1, 0.15) is 16.7 Å². The Kier molecular flexibility index (Phi) is 5.57. The summed E-state index contributed by atoms with van der Waals surface area (Å²) in [5.41, 5.74) is 7.55. The van der Waals surface area contributed by atoms with Crippen LogP contribution in [0.4, 0.5) is 0 Å². The van der Waals surface area contributed by atoms with Crippen molar-refractivity contribution in [2.24, 2.45) is 5.73 Å². The zero-order valence-electron chi connectivity index (χ0n) is 13.2. The minimum atomic E-state index is -0.879. The van der Waals surface area contributed by atoms with Crippen molar-refractivity contribution in [3.05, 3.63) is 77.1 Å². The maximum Gasteiger partial charge on any atom is 0.257 e. The molecule has 4 N–H and O–H groups in total. The third-order valence-electron chi connectivity index (χ3n) is 3.49. The number of rotatable bonds is 6. The number of amides is 2. The number of nitrogens with zero attached hydrogens (tertiary/aromatic N) is 1. The molecular formula is C18H18N4O2. The molecule has 122 valence electrons. The average Bonchev–Trinajstić information content (AvgIpc) is 2.59. The monoisotopic (exact) mass is 322 g/mol. The molecule has 2 aromatic rings. The first-order valence-electron chi connectivity index (χ1n) is 7.32. The van der Waals surface area contributed by atoms with E-state index in [1.165, 1.54) is 18.5 Å². The maximum atomic E-state index is 12.2. The summed E-state index contributed by atoms with van der Waals surface area (Å²) in [6.45, 7) is 2.21. The molecule has 0 spiro atoms. The van der Waals surface area contributed by atoms with Gasteiger partial charge in [0.2, 0.25) is 0 Å². The van der Waals surface area contributed by atoms with E-state index in [9.17, 15) is 9.59 Å². The average molecular weight is 322 g/mol. The van der Waals surface area contributed by atoms with Crippen LogP contribution < -0.4 is 11.1 Å². The minimum Gasteiger partial charge on any atom is -0.365 e. The second-order valence-electron chi connectivity index (χ2n) is 5.18. The smallest absolute Gasteiger partial charge is 0.257 e. The summed E-state index contributed by atoms with van der Waals surface area (Å²) >= 11 is 0. The van der Waals surface area contributed by atoms with Gasteiger partial charge in [0, 0.05) is 24.5 Å². The van der Waals surface area contributed by atoms with Crippen molar-refractivity contribution in [1.29, 1.82) is 5.41 Å². The minimum absolute atomic E-state index is 0.0113. The first kappa shape index (κ1) is 17.1. The molecule has 0 bridgehead atoms. The second kappa shape index (κ2) is 7.82. The van der Waals surface area contributed by atoms with Gasteiger partial charge in [0.1, 0.15) is 5.57 Å². The van der Waals surface area contributed by atoms with Gasteiger partial charge in [0.05, 0.1) is 5.71 Å². The standard InChI is InChI=1S/C18H18N4O2/c1-12-4-2-3-5-14(12)11-22-18(24)15(17(20)23)10-16(19)13-6-8-21-9-7-13/h2-10,19H,11H2,1H3,(H2,20,23)(H,22,24). The first-order chi connectivity index (χ1) is 11.5. The molecule has 0 aliphatic rings. The van der Waals surface area contributed by atoms with Crippen molar-refractivity contribution < 1.29 is 9.59 Å². The van der Waals surface area contributed by atoms with Crippen LogP contribution in [0.3, 0.4) is 0 Å². The molecule has 0 aliphatic heterocycles. The summed E-state index contributed by atoms with van der Waals surface area (Å²) in [5.74, 6) is -1.49. The van der Waals surface area contributed by atoms with Crippen LogP contribution in [0.2, 0.25) is 0 Å². The normalized spacial score (nSPS) is 11.0. The number of allylic oxidation sites excluding steroid dienone is 1. The molecule has 0 fully saturated rings. The SMILES string of the molecule is Cc1ccccc1CNC(=O)C(=CC(=N)c1ccncc1)C(N)=O. The summed E-state index contributed by atoms with van der Waals surface area (Å²) in [6, 6.07) is 10.8. The Hall–Kier alpha value is -3.28. The van der Waals surface area contributed by atoms with E-state index in [1.807, 2.05) is 31.2 Å². The predicted molar refractivity (Wildman–Crippen MR) is 91.4 cm³/mol. The molecule has 0 aliphatic carbocycles. The van der Waals surface area contributed by atoms with E-state index in [4.69, 9.17) is 11.1 Å². The van der Waals surface area contributed by atoms with Crippen molar-refractivity contribution >= 4 is 17.5 Å². The highest BCUT2D eigenvalue weighted by molar-refractivity contribution is 6.23. The highest BCUT2D eigenvalue weighted by Crippen LogP contribution is 2.07. The molecule has 0 saturated carbocycles. The quantitative estimate of drug-likeness (QED) is 0.324. The van der Waals surface area contributed by atoms with Crippen molar-refractivity contribution in [3.63, 3.8) is 0 Å². The molecule has 6 nitrogen and oxygen atoms in total. The highest BCUT2D eigenvalue weighted by Gasteiger charge is 2.16. The number of nitrogens with one attached hydrogen (secondary N) is 2. The fourth-order valence-electron chi connectivity index (χ4n) is 2.09. The molecule has 0 atom stereocenters. The van der Waals surface area contributed by atoms with Crippen LogP contribution >= 0.6 is 0 Å². The zero-order chi connectivity index (χ0) is 17.5. The Bertz CT molecular complexity index is 798. The van der Waals surface area contributed by atoms with Crippen molar-refractivity contribution in [2.45, 2.75) is 13.5 Å². The number of carbonyl (C=O) groups excluding carboxylic acids is 2. The first-order valence-corrected chi connectivity index (χ1v) is 7.32. The summed E-state index contributed by atoms with van der Waals surface area (Å²) < 4.78 is 0. The topological polar surface area (TPSA) is 109 Å². The highest BCUT2D eigenvalue weighted by atomic mass is 16.2. The van der Waals surface area contributed by atoms with E-state index in [-0.39, 0.29) is 17.8 Å². The largest absolute Gasteiger partial charge is 0.365 e. The van der Waals surface area contributed by atoms with E-state index < -0.39 is 11.8 Å². The number of hydrogen-bond donors (Lipinski definition) is 3. The van der Waals surface area contributed by atoms with Gasteiger partial charge in [-0.3, -0.25) is 14.6 Å². The van der Waals surface area contributed by atoms with E-state index >= 15 is 0 Å². The summed E-state index contributed by atoms with van der Waals surface area (Å²) in [5, 5.41) is 10.6. The van der Waals surface area contributed by atoms with Crippen LogP contribution in [0.5, 0.6) is 0 Å². The molecule has 2 rings (SSSR count). The van der Waals surface area contributed by atoms with E-state index in [1.54, 1.807) is 12.1 Å². The Morgan fingerprint density at radius 1 is 1.21 bits per heavy atom. The fourth-order valence-corrected chi connectivity index (χ4v) is 2.09. The Morgan fingerprint density at radius 2 is 1.88 bits per heavy atom. The molecule has 0 saturated heterocycles. The number of carbonyl (C=O) groups is 2. The summed E-state index contributed by atoms with van der Waals surface area (Å²) in [7, 11) is 0. The molecule has 1 aromatic carbocycles. The van der Waals surface area contributed by atoms with Crippen LogP contribution in [-0.2, 0) is 16.1 Å². The van der Waals surface area contributed by atoms with Gasteiger partial charge >= 0.3 is 0 Å². The number of hydrogen-bond acceptors (Lipinski definition) is 4. The fraction of sp³-hybridized carbons (Fsp3) is 0.111. The van der Waals surface area contributed by atoms with Gasteiger partial charge in [-0.05, 0) is 36.3 Å². The predicted octanol–water partition coefficient (Wildman–Crippen LogP) is 1.49. The lowest BCUT2D eigenvalue weighted by Crippen LogP contribution is -2.32. The van der Waals surface area contributed by atoms with E-state index in [0.29, 0.717) is 5.56 Å². The van der Waals surface area contributed by atoms with Crippen molar-refractivity contribution in [3.8, 4) is 0 Å². The maximum absolute atomic E-state index is 12.2. The van der Waals surface area contributed by atoms with Gasteiger partial charge in [0.15, 0.2) is 0 Å². The number of nitrogens with two attached hydrogens (primary N) is 1. The molecular weight excluding hydrogens is 304 g/mol. The van der Waals surface area contributed by atoms with E-state index in [0.717, 1.165) is 11.1 Å². The number of aryl methyl sites for hydroxylation is 1. The molecule has 24 heavy (non-hydrogen) atoms. The molecule has 0 unspecified atom stereocenters. The molecule has 1 heterocycles. The third kappa shape index (κ3) is 4.36. The summed E-state index contributed by atoms with van der Waals surface area (Å²) in [6.07, 6.45) is 4.23. The number of benzene rings is 1. The van der Waals surface area contributed by atoms with Crippen molar-refractivity contribution in [2.75, 3.05) is 0 Å². The van der Waals surface area contributed by atoms with E-state index in [2.05, 4.69) is 10.3 Å². The Morgan fingerprint density at radius 3 is 2.50 bits per heavy atom. The Labute approximate surface area is 139 Å². The lowest BCUT2D eigenvalue weighted by atomic mass is 10.1. The van der Waals surface area contributed by atoms with Gasteiger partial charge in [0.25, 0.3) is 11.8 Å². The lowest BCUT2D eigenvalue weighted by Gasteiger charge is -2.09. The van der Waals surface area contributed by atoms with Crippen LogP contribution in [0, 0.1) is 12.3 Å². The molecule has 6 heteroatoms. The van der Waals surface area contributed by atoms with Crippen molar-refractivity contribution in [1.82, 2.24) is 10.3 Å². The molecule has 1 aromatic heterocycles. The molecule has 0 radical (unpaired) electrons. The van der Waals surface area contributed by atoms with Crippen LogP contribution in [0.25, 0.3) is 0 Å². The molecule has 2 amide bonds. The Balaban J connectivity index is 2.14. The van der Waals surface area contributed by atoms with Gasteiger partial charge in [-0.1, -0.05) is 24.3 Å². The van der Waals surface area contributed by atoms with Crippen LogP contribution in [-0.4, -0.2) is 22.5 Å². The van der Waals surface area contributed by atoms with Gasteiger partial charge < -0.3 is 16.5 Å². The second-order valence-corrected chi connectivity index (χ2v) is 5.18. The third-order valence-corrected chi connectivity index (χ3v) is 3.49. The number of primary amides is 1. The number of pyridine rings is 1. The van der Waals surface area contributed by atoms with Crippen LogP contribution in [0.15, 0.2) is 60.4 Å². The van der Waals surface area contributed by atoms with Gasteiger partial charge in [-0.15, -0.1) is 0 Å². The van der Waals surface area contributed by atoms with Gasteiger partial charge in [-0.25, -0.2) is 0 Å².